The van der Waals surface area contributed by atoms with Gasteiger partial charge in [-0.3, -0.25) is 0 Å². The lowest BCUT2D eigenvalue weighted by Gasteiger charge is -1.95. The number of carbonyl (C=O) groups is 1. The molecule has 3 nitrogen and oxygen atoms in total. The Morgan fingerprint density at radius 1 is 1.38 bits per heavy atom. The third-order valence-corrected chi connectivity index (χ3v) is 1.35. The van der Waals surface area contributed by atoms with Crippen molar-refractivity contribution in [3.8, 4) is 17.8 Å². The van der Waals surface area contributed by atoms with Crippen LogP contribution in [0, 0.1) is 19.0 Å². The molecule has 1 rings (SSSR count). The van der Waals surface area contributed by atoms with Gasteiger partial charge in [0.05, 0.1) is 5.92 Å². The number of benzene rings is 1. The number of hydrogen-bond donors (Lipinski definition) is 1. The molecule has 1 N–H and O–H groups in total. The van der Waals surface area contributed by atoms with Gasteiger partial charge < -0.3 is 9.84 Å². The van der Waals surface area contributed by atoms with Crippen molar-refractivity contribution in [1.29, 1.82) is 0 Å². The average molecular weight is 176 g/mol. The molecular formula is C10H8O3. The van der Waals surface area contributed by atoms with Gasteiger partial charge in [-0.05, 0) is 19.1 Å². The lowest BCUT2D eigenvalue weighted by atomic mass is 10.2. The van der Waals surface area contributed by atoms with Crippen LogP contribution in [0.25, 0.3) is 0 Å². The highest BCUT2D eigenvalue weighted by molar-refractivity contribution is 5.86. The van der Waals surface area contributed by atoms with Crippen LogP contribution in [-0.2, 0) is 4.79 Å². The second-order valence-electron chi connectivity index (χ2n) is 2.45. The Labute approximate surface area is 76.0 Å². The molecule has 1 aromatic rings. The molecule has 0 unspecified atom stereocenters. The van der Waals surface area contributed by atoms with Gasteiger partial charge in [0, 0.05) is 0 Å². The van der Waals surface area contributed by atoms with Gasteiger partial charge in [-0.2, -0.15) is 0 Å². The molecule has 0 spiro atoms. The van der Waals surface area contributed by atoms with Gasteiger partial charge >= 0.3 is 5.97 Å². The quantitative estimate of drug-likeness (QED) is 0.658. The van der Waals surface area contributed by atoms with Crippen LogP contribution < -0.4 is 4.74 Å². The van der Waals surface area contributed by atoms with Crippen molar-refractivity contribution < 1.29 is 14.6 Å². The first kappa shape index (κ1) is 9.14. The third-order valence-electron chi connectivity index (χ3n) is 1.35. The summed E-state index contributed by atoms with van der Waals surface area (Å²) in [5, 5.41) is 8.18. The number of aryl methyl sites for hydroxylation is 1. The predicted octanol–water partition coefficient (Wildman–Crippen LogP) is 1.42. The summed E-state index contributed by atoms with van der Waals surface area (Å²) in [4.78, 5) is 9.99. The zero-order chi connectivity index (χ0) is 9.68. The smallest absolute Gasteiger partial charge is 0.385 e. The van der Waals surface area contributed by atoms with Gasteiger partial charge in [-0.25, -0.2) is 4.79 Å². The van der Waals surface area contributed by atoms with Crippen LogP contribution in [0.15, 0.2) is 24.3 Å². The van der Waals surface area contributed by atoms with Crippen LogP contribution in [0.5, 0.6) is 5.75 Å². The van der Waals surface area contributed by atoms with E-state index in [9.17, 15) is 4.79 Å². The Kier molecular flexibility index (Phi) is 2.93. The van der Waals surface area contributed by atoms with Crippen molar-refractivity contribution in [2.24, 2.45) is 0 Å². The van der Waals surface area contributed by atoms with Gasteiger partial charge in [-0.15, -0.1) is 0 Å². The molecule has 0 aliphatic carbocycles. The molecule has 0 heterocycles. The molecule has 3 heteroatoms. The fourth-order valence-corrected chi connectivity index (χ4v) is 0.734. The minimum absolute atomic E-state index is 0.541. The van der Waals surface area contributed by atoms with Gasteiger partial charge in [0.1, 0.15) is 11.9 Å². The summed E-state index contributed by atoms with van der Waals surface area (Å²) in [6.45, 7) is 1.95. The molecule has 0 fully saturated rings. The number of carboxylic acid groups (broad SMARTS) is 1. The second kappa shape index (κ2) is 4.17. The maximum absolute atomic E-state index is 9.99. The van der Waals surface area contributed by atoms with Crippen molar-refractivity contribution >= 4 is 5.97 Å². The summed E-state index contributed by atoms with van der Waals surface area (Å²) >= 11 is 0. The van der Waals surface area contributed by atoms with Crippen LogP contribution in [-0.4, -0.2) is 11.1 Å². The summed E-state index contributed by atoms with van der Waals surface area (Å²) in [6, 6.07) is 7.17. The van der Waals surface area contributed by atoms with E-state index in [1.807, 2.05) is 25.0 Å². The summed E-state index contributed by atoms with van der Waals surface area (Å²) in [7, 11) is 0. The highest BCUT2D eigenvalue weighted by atomic mass is 16.5. The highest BCUT2D eigenvalue weighted by Gasteiger charge is 1.90. The Morgan fingerprint density at radius 2 is 2.00 bits per heavy atom. The number of hydrogen-bond acceptors (Lipinski definition) is 2. The van der Waals surface area contributed by atoms with E-state index < -0.39 is 5.97 Å². The Bertz CT molecular complexity index is 354. The fourth-order valence-electron chi connectivity index (χ4n) is 0.734. The Hall–Kier alpha value is -1.95. The minimum Gasteiger partial charge on any atom is -0.472 e. The van der Waals surface area contributed by atoms with Crippen LogP contribution in [0.3, 0.4) is 0 Å². The molecule has 13 heavy (non-hydrogen) atoms. The van der Waals surface area contributed by atoms with E-state index in [1.54, 1.807) is 12.1 Å². The summed E-state index contributed by atoms with van der Waals surface area (Å²) in [5.41, 5.74) is 1.11. The summed E-state index contributed by atoms with van der Waals surface area (Å²) in [5.74, 6) is 1.19. The molecule has 0 saturated heterocycles. The third kappa shape index (κ3) is 3.30. The van der Waals surface area contributed by atoms with Gasteiger partial charge in [-0.1, -0.05) is 17.7 Å². The summed E-state index contributed by atoms with van der Waals surface area (Å²) < 4.78 is 4.83. The molecule has 1 aromatic carbocycles. The standard InChI is InChI=1S/C10H8O3/c1-8-2-4-9(5-3-8)13-7-6-10(11)12/h2-5H,1H3,(H,11,12). The SMILES string of the molecule is Cc1ccc(OC#CC(=O)O)cc1. The maximum Gasteiger partial charge on any atom is 0.385 e. The topological polar surface area (TPSA) is 46.5 Å². The number of carboxylic acids is 1. The molecule has 0 atom stereocenters. The average Bonchev–Trinajstić information content (AvgIpc) is 2.08. The maximum atomic E-state index is 9.99. The number of rotatable bonds is 1. The molecule has 0 aliphatic rings. The zero-order valence-corrected chi connectivity index (χ0v) is 7.07. The minimum atomic E-state index is -1.20. The second-order valence-corrected chi connectivity index (χ2v) is 2.45. The lowest BCUT2D eigenvalue weighted by Crippen LogP contribution is -1.89. The van der Waals surface area contributed by atoms with E-state index in [0.717, 1.165) is 5.56 Å². The van der Waals surface area contributed by atoms with Gasteiger partial charge in [0.2, 0.25) is 0 Å². The van der Waals surface area contributed by atoms with Crippen LogP contribution in [0.2, 0.25) is 0 Å². The molecule has 0 saturated carbocycles. The zero-order valence-electron chi connectivity index (χ0n) is 7.07. The van der Waals surface area contributed by atoms with Crippen molar-refractivity contribution in [3.05, 3.63) is 29.8 Å². The Balaban J connectivity index is 2.62. The fraction of sp³-hybridized carbons (Fsp3) is 0.100. The van der Waals surface area contributed by atoms with E-state index in [1.165, 1.54) is 0 Å². The van der Waals surface area contributed by atoms with Crippen molar-refractivity contribution in [3.63, 3.8) is 0 Å². The van der Waals surface area contributed by atoms with E-state index in [-0.39, 0.29) is 0 Å². The largest absolute Gasteiger partial charge is 0.472 e. The van der Waals surface area contributed by atoms with Crippen LogP contribution in [0.1, 0.15) is 5.56 Å². The number of ether oxygens (including phenoxy) is 1. The summed E-state index contributed by atoms with van der Waals surface area (Å²) in [6.07, 6.45) is 2.07. The van der Waals surface area contributed by atoms with Crippen molar-refractivity contribution in [2.75, 3.05) is 0 Å². The first-order valence-corrected chi connectivity index (χ1v) is 3.66. The highest BCUT2D eigenvalue weighted by Crippen LogP contribution is 2.10. The monoisotopic (exact) mass is 176 g/mol. The molecule has 0 aromatic heterocycles. The van der Waals surface area contributed by atoms with Crippen LogP contribution in [0.4, 0.5) is 0 Å². The normalized spacial score (nSPS) is 8.38. The molecule has 0 amide bonds. The molecular weight excluding hydrogens is 168 g/mol. The first-order valence-electron chi connectivity index (χ1n) is 3.66. The predicted molar refractivity (Wildman–Crippen MR) is 47.2 cm³/mol. The molecule has 66 valence electrons. The molecule has 0 bridgehead atoms. The van der Waals surface area contributed by atoms with E-state index in [0.29, 0.717) is 5.75 Å². The van der Waals surface area contributed by atoms with E-state index >= 15 is 0 Å². The molecule has 0 aliphatic heterocycles. The van der Waals surface area contributed by atoms with Gasteiger partial charge in [0.25, 0.3) is 0 Å². The van der Waals surface area contributed by atoms with Crippen molar-refractivity contribution in [1.82, 2.24) is 0 Å². The van der Waals surface area contributed by atoms with Gasteiger partial charge in [0.15, 0.2) is 0 Å². The van der Waals surface area contributed by atoms with Crippen LogP contribution >= 0.6 is 0 Å². The number of aliphatic carboxylic acids is 1. The van der Waals surface area contributed by atoms with E-state index in [2.05, 4.69) is 6.11 Å². The Morgan fingerprint density at radius 3 is 2.54 bits per heavy atom. The molecule has 0 radical (unpaired) electrons. The van der Waals surface area contributed by atoms with E-state index in [4.69, 9.17) is 9.84 Å². The van der Waals surface area contributed by atoms with Crippen molar-refractivity contribution in [2.45, 2.75) is 6.92 Å². The first-order chi connectivity index (χ1) is 6.18. The lowest BCUT2D eigenvalue weighted by molar-refractivity contribution is -0.130.